The molecule has 2 aromatic heterocycles. The topological polar surface area (TPSA) is 92.9 Å². The molecule has 0 atom stereocenters. The summed E-state index contributed by atoms with van der Waals surface area (Å²) in [5, 5.41) is 27.8. The molecular weight excluding hydrogens is 290 g/mol. The normalized spacial score (nSPS) is 15.9. The number of tetrazole rings is 1. The van der Waals surface area contributed by atoms with Crippen molar-refractivity contribution in [2.24, 2.45) is 5.41 Å². The molecule has 0 spiro atoms. The molecule has 8 heteroatoms. The molecule has 1 aliphatic rings. The minimum absolute atomic E-state index is 0.0618. The van der Waals surface area contributed by atoms with E-state index >= 15 is 0 Å². The first-order valence-corrected chi connectivity index (χ1v) is 7.83. The summed E-state index contributed by atoms with van der Waals surface area (Å²) >= 11 is 1.56. The first-order valence-electron chi connectivity index (χ1n) is 6.89. The van der Waals surface area contributed by atoms with Gasteiger partial charge in [-0.05, 0) is 41.3 Å². The highest BCUT2D eigenvalue weighted by Crippen LogP contribution is 2.47. The van der Waals surface area contributed by atoms with Gasteiger partial charge in [0.15, 0.2) is 0 Å². The number of aliphatic hydroxyl groups excluding tert-OH is 1. The van der Waals surface area contributed by atoms with Gasteiger partial charge in [-0.25, -0.2) is 0 Å². The highest BCUT2D eigenvalue weighted by atomic mass is 32.1. The SMILES string of the molecule is O=C(Cn1nnc(-c2ccsc2)n1)NCC1(CCO)CC1. The predicted octanol–water partition coefficient (Wildman–Crippen LogP) is 0.680. The second kappa shape index (κ2) is 5.90. The van der Waals surface area contributed by atoms with Crippen LogP contribution in [0.5, 0.6) is 0 Å². The summed E-state index contributed by atoms with van der Waals surface area (Å²) in [5.41, 5.74) is 1.02. The third-order valence-electron chi connectivity index (χ3n) is 3.78. The third-order valence-corrected chi connectivity index (χ3v) is 4.46. The van der Waals surface area contributed by atoms with Gasteiger partial charge in [-0.1, -0.05) is 0 Å². The number of rotatable bonds is 7. The maximum atomic E-state index is 11.9. The highest BCUT2D eigenvalue weighted by Gasteiger charge is 2.41. The summed E-state index contributed by atoms with van der Waals surface area (Å²) in [7, 11) is 0. The van der Waals surface area contributed by atoms with E-state index in [4.69, 9.17) is 5.11 Å². The zero-order valence-electron chi connectivity index (χ0n) is 11.5. The van der Waals surface area contributed by atoms with Crippen molar-refractivity contribution in [1.82, 2.24) is 25.5 Å². The average molecular weight is 307 g/mol. The first kappa shape index (κ1) is 14.2. The number of carbonyl (C=O) groups is 1. The van der Waals surface area contributed by atoms with E-state index in [1.807, 2.05) is 16.8 Å². The lowest BCUT2D eigenvalue weighted by atomic mass is 10.0. The molecule has 3 rings (SSSR count). The van der Waals surface area contributed by atoms with E-state index in [2.05, 4.69) is 20.7 Å². The van der Waals surface area contributed by atoms with Crippen molar-refractivity contribution in [2.45, 2.75) is 25.8 Å². The average Bonchev–Trinajstić information content (AvgIpc) is 2.91. The summed E-state index contributed by atoms with van der Waals surface area (Å²) < 4.78 is 0. The summed E-state index contributed by atoms with van der Waals surface area (Å²) in [6.07, 6.45) is 2.88. The zero-order chi connectivity index (χ0) is 14.7. The van der Waals surface area contributed by atoms with Gasteiger partial charge >= 0.3 is 0 Å². The van der Waals surface area contributed by atoms with Crippen molar-refractivity contribution >= 4 is 17.2 Å². The fourth-order valence-electron chi connectivity index (χ4n) is 2.22. The summed E-state index contributed by atoms with van der Waals surface area (Å²) in [5.74, 6) is 0.400. The van der Waals surface area contributed by atoms with Crippen LogP contribution in [0, 0.1) is 5.41 Å². The van der Waals surface area contributed by atoms with Crippen LogP contribution >= 0.6 is 11.3 Å². The molecule has 1 aliphatic carbocycles. The Morgan fingerprint density at radius 1 is 1.52 bits per heavy atom. The minimum Gasteiger partial charge on any atom is -0.396 e. The van der Waals surface area contributed by atoms with E-state index in [0.29, 0.717) is 12.4 Å². The number of nitrogens with zero attached hydrogens (tertiary/aromatic N) is 4. The van der Waals surface area contributed by atoms with Crippen LogP contribution in [0.15, 0.2) is 16.8 Å². The van der Waals surface area contributed by atoms with Crippen molar-refractivity contribution in [3.05, 3.63) is 16.8 Å². The Morgan fingerprint density at radius 3 is 3.05 bits per heavy atom. The molecule has 0 saturated heterocycles. The quantitative estimate of drug-likeness (QED) is 0.784. The fourth-order valence-corrected chi connectivity index (χ4v) is 2.85. The molecule has 0 aromatic carbocycles. The molecule has 0 aliphatic heterocycles. The van der Waals surface area contributed by atoms with Gasteiger partial charge in [0.2, 0.25) is 11.7 Å². The first-order chi connectivity index (χ1) is 10.2. The number of hydrogen-bond donors (Lipinski definition) is 2. The minimum atomic E-state index is -0.131. The number of thiophene rings is 1. The van der Waals surface area contributed by atoms with Crippen molar-refractivity contribution in [2.75, 3.05) is 13.2 Å². The van der Waals surface area contributed by atoms with E-state index < -0.39 is 0 Å². The van der Waals surface area contributed by atoms with Crippen LogP contribution in [0.4, 0.5) is 0 Å². The standard InChI is InChI=1S/C13H17N5O2S/c19-5-4-13(2-3-13)9-14-11(20)7-18-16-12(15-17-18)10-1-6-21-8-10/h1,6,8,19H,2-5,7,9H2,(H,14,20). The number of hydrogen-bond acceptors (Lipinski definition) is 6. The van der Waals surface area contributed by atoms with Gasteiger partial charge in [0.25, 0.3) is 0 Å². The van der Waals surface area contributed by atoms with E-state index in [0.717, 1.165) is 24.8 Å². The molecule has 7 nitrogen and oxygen atoms in total. The number of amides is 1. The lowest BCUT2D eigenvalue weighted by Crippen LogP contribution is -2.33. The van der Waals surface area contributed by atoms with Crippen LogP contribution in [0.25, 0.3) is 11.4 Å². The summed E-state index contributed by atoms with van der Waals surface area (Å²) in [6, 6.07) is 1.91. The smallest absolute Gasteiger partial charge is 0.243 e. The van der Waals surface area contributed by atoms with E-state index in [-0.39, 0.29) is 24.5 Å². The van der Waals surface area contributed by atoms with Crippen LogP contribution in [-0.2, 0) is 11.3 Å². The van der Waals surface area contributed by atoms with Crippen LogP contribution in [-0.4, -0.2) is 44.4 Å². The molecule has 1 saturated carbocycles. The second-order valence-corrected chi connectivity index (χ2v) is 6.19. The highest BCUT2D eigenvalue weighted by molar-refractivity contribution is 7.08. The Labute approximate surface area is 126 Å². The fraction of sp³-hybridized carbons (Fsp3) is 0.538. The van der Waals surface area contributed by atoms with Gasteiger partial charge in [0.1, 0.15) is 6.54 Å². The number of aromatic nitrogens is 4. The Hall–Kier alpha value is -1.80. The molecule has 1 amide bonds. The maximum absolute atomic E-state index is 11.9. The number of aliphatic hydroxyl groups is 1. The van der Waals surface area contributed by atoms with Crippen LogP contribution < -0.4 is 5.32 Å². The van der Waals surface area contributed by atoms with Crippen molar-refractivity contribution in [1.29, 1.82) is 0 Å². The Bertz CT molecular complexity index is 606. The lowest BCUT2D eigenvalue weighted by molar-refractivity contribution is -0.122. The van der Waals surface area contributed by atoms with Gasteiger partial charge in [0, 0.05) is 24.1 Å². The van der Waals surface area contributed by atoms with Crippen LogP contribution in [0.3, 0.4) is 0 Å². The van der Waals surface area contributed by atoms with Crippen molar-refractivity contribution in [3.8, 4) is 11.4 Å². The van der Waals surface area contributed by atoms with Gasteiger partial charge < -0.3 is 10.4 Å². The molecular formula is C13H17N5O2S. The second-order valence-electron chi connectivity index (χ2n) is 5.41. The Kier molecular flexibility index (Phi) is 3.98. The Morgan fingerprint density at radius 2 is 2.38 bits per heavy atom. The van der Waals surface area contributed by atoms with Crippen molar-refractivity contribution < 1.29 is 9.90 Å². The monoisotopic (exact) mass is 307 g/mol. The summed E-state index contributed by atoms with van der Waals surface area (Å²) in [4.78, 5) is 13.2. The van der Waals surface area contributed by atoms with Gasteiger partial charge in [-0.3, -0.25) is 4.79 Å². The molecule has 1 fully saturated rings. The number of nitrogens with one attached hydrogen (secondary N) is 1. The third kappa shape index (κ3) is 3.45. The number of carbonyl (C=O) groups excluding carboxylic acids is 1. The molecule has 2 aromatic rings. The molecule has 21 heavy (non-hydrogen) atoms. The predicted molar refractivity (Wildman–Crippen MR) is 77.5 cm³/mol. The van der Waals surface area contributed by atoms with E-state index in [9.17, 15) is 4.79 Å². The van der Waals surface area contributed by atoms with Crippen molar-refractivity contribution in [3.63, 3.8) is 0 Å². The van der Waals surface area contributed by atoms with Gasteiger partial charge in [0.05, 0.1) is 0 Å². The van der Waals surface area contributed by atoms with E-state index in [1.165, 1.54) is 4.80 Å². The maximum Gasteiger partial charge on any atom is 0.243 e. The zero-order valence-corrected chi connectivity index (χ0v) is 12.3. The van der Waals surface area contributed by atoms with Gasteiger partial charge in [-0.2, -0.15) is 16.1 Å². The molecule has 0 radical (unpaired) electrons. The summed E-state index contributed by atoms with van der Waals surface area (Å²) in [6.45, 7) is 0.843. The largest absolute Gasteiger partial charge is 0.396 e. The molecule has 2 heterocycles. The molecule has 0 unspecified atom stereocenters. The van der Waals surface area contributed by atoms with Crippen LogP contribution in [0.2, 0.25) is 0 Å². The Balaban J connectivity index is 1.51. The lowest BCUT2D eigenvalue weighted by Gasteiger charge is -2.14. The molecule has 0 bridgehead atoms. The molecule has 2 N–H and O–H groups in total. The molecule has 112 valence electrons. The van der Waals surface area contributed by atoms with Crippen LogP contribution in [0.1, 0.15) is 19.3 Å². The van der Waals surface area contributed by atoms with E-state index in [1.54, 1.807) is 11.3 Å². The van der Waals surface area contributed by atoms with Gasteiger partial charge in [-0.15, -0.1) is 10.2 Å².